The fraction of sp³-hybridized carbons (Fsp3) is 0.462. The van der Waals surface area contributed by atoms with E-state index in [-0.39, 0.29) is 6.10 Å². The Morgan fingerprint density at radius 1 is 1.20 bits per heavy atom. The van der Waals surface area contributed by atoms with Crippen LogP contribution in [0.1, 0.15) is 37.5 Å². The van der Waals surface area contributed by atoms with Crippen LogP contribution in [0.2, 0.25) is 0 Å². The quantitative estimate of drug-likeness (QED) is 0.547. The molecule has 0 aliphatic rings. The third kappa shape index (κ3) is 3.39. The van der Waals surface area contributed by atoms with E-state index >= 15 is 0 Å². The highest BCUT2D eigenvalue weighted by Gasteiger charge is 2.00. The first-order valence-corrected chi connectivity index (χ1v) is 5.28. The number of benzene rings is 1. The van der Waals surface area contributed by atoms with Crippen LogP contribution in [0.25, 0.3) is 0 Å². The van der Waals surface area contributed by atoms with Crippen LogP contribution in [0.4, 0.5) is 0 Å². The van der Waals surface area contributed by atoms with Crippen molar-refractivity contribution in [3.63, 3.8) is 0 Å². The maximum atomic E-state index is 5.22. The van der Waals surface area contributed by atoms with Crippen molar-refractivity contribution in [3.8, 4) is 0 Å². The summed E-state index contributed by atoms with van der Waals surface area (Å²) in [5.74, 6) is 0. The zero-order chi connectivity index (χ0) is 11.4. The molecule has 0 bridgehead atoms. The van der Waals surface area contributed by atoms with Crippen LogP contribution in [0, 0.1) is 13.8 Å². The van der Waals surface area contributed by atoms with Crippen LogP contribution in [0.15, 0.2) is 23.4 Å². The lowest BCUT2D eigenvalue weighted by Gasteiger charge is -2.06. The summed E-state index contributed by atoms with van der Waals surface area (Å²) in [6.45, 7) is 10.1. The van der Waals surface area contributed by atoms with Gasteiger partial charge >= 0.3 is 0 Å². The van der Waals surface area contributed by atoms with E-state index in [1.165, 1.54) is 11.1 Å². The molecule has 0 aromatic heterocycles. The maximum Gasteiger partial charge on any atom is 0.122 e. The number of rotatable bonds is 3. The van der Waals surface area contributed by atoms with Crippen LogP contribution in [0.3, 0.4) is 0 Å². The first-order chi connectivity index (χ1) is 7.00. The molecule has 0 fully saturated rings. The minimum Gasteiger partial charge on any atom is -0.393 e. The smallest absolute Gasteiger partial charge is 0.122 e. The van der Waals surface area contributed by atoms with E-state index in [2.05, 4.69) is 37.2 Å². The van der Waals surface area contributed by atoms with Crippen LogP contribution in [0.5, 0.6) is 0 Å². The fourth-order valence-electron chi connectivity index (χ4n) is 1.20. The third-order valence-corrected chi connectivity index (χ3v) is 2.33. The molecule has 0 radical (unpaired) electrons. The molecule has 1 aromatic rings. The normalized spacial score (nSPS) is 12.0. The van der Waals surface area contributed by atoms with Gasteiger partial charge in [-0.1, -0.05) is 17.3 Å². The number of nitrogens with zero attached hydrogens (tertiary/aromatic N) is 1. The first-order valence-electron chi connectivity index (χ1n) is 5.28. The molecular weight excluding hydrogens is 186 g/mol. The molecule has 2 nitrogen and oxygen atoms in total. The molecule has 2 heteroatoms. The average molecular weight is 205 g/mol. The largest absolute Gasteiger partial charge is 0.393 e. The standard InChI is InChI=1S/C13H19NO/c1-9(2)15-14-12(5)13-7-6-10(3)11(4)8-13/h6-9H,1-5H3. The van der Waals surface area contributed by atoms with E-state index in [1.807, 2.05) is 20.8 Å². The van der Waals surface area contributed by atoms with Gasteiger partial charge < -0.3 is 4.84 Å². The lowest BCUT2D eigenvalue weighted by atomic mass is 10.0. The Labute approximate surface area is 91.9 Å². The van der Waals surface area contributed by atoms with Crippen molar-refractivity contribution in [1.82, 2.24) is 0 Å². The summed E-state index contributed by atoms with van der Waals surface area (Å²) in [6.07, 6.45) is 0.131. The molecule has 0 aliphatic carbocycles. The van der Waals surface area contributed by atoms with Crippen LogP contribution in [-0.2, 0) is 4.84 Å². The zero-order valence-corrected chi connectivity index (χ0v) is 10.2. The van der Waals surface area contributed by atoms with E-state index in [1.54, 1.807) is 0 Å². The van der Waals surface area contributed by atoms with Crippen molar-refractivity contribution in [2.75, 3.05) is 0 Å². The predicted molar refractivity (Wildman–Crippen MR) is 64.3 cm³/mol. The van der Waals surface area contributed by atoms with Crippen LogP contribution < -0.4 is 0 Å². The van der Waals surface area contributed by atoms with E-state index in [0.29, 0.717) is 0 Å². The monoisotopic (exact) mass is 205 g/mol. The van der Waals surface area contributed by atoms with Gasteiger partial charge in [-0.2, -0.15) is 0 Å². The molecule has 0 aliphatic heterocycles. The molecule has 0 saturated carbocycles. The number of aryl methyl sites for hydroxylation is 2. The summed E-state index contributed by atoms with van der Waals surface area (Å²) in [7, 11) is 0. The van der Waals surface area contributed by atoms with Crippen molar-refractivity contribution < 1.29 is 4.84 Å². The van der Waals surface area contributed by atoms with Gasteiger partial charge in [0.25, 0.3) is 0 Å². The molecule has 0 heterocycles. The lowest BCUT2D eigenvalue weighted by molar-refractivity contribution is 0.0860. The van der Waals surface area contributed by atoms with Gasteiger partial charge in [-0.25, -0.2) is 0 Å². The third-order valence-electron chi connectivity index (χ3n) is 2.33. The summed E-state index contributed by atoms with van der Waals surface area (Å²) in [6, 6.07) is 6.32. The molecule has 82 valence electrons. The molecule has 0 saturated heterocycles. The Hall–Kier alpha value is -1.31. The van der Waals surface area contributed by atoms with Crippen molar-refractivity contribution >= 4 is 5.71 Å². The fourth-order valence-corrected chi connectivity index (χ4v) is 1.20. The maximum absolute atomic E-state index is 5.22. The summed E-state index contributed by atoms with van der Waals surface area (Å²) in [4.78, 5) is 5.22. The zero-order valence-electron chi connectivity index (χ0n) is 10.2. The Balaban J connectivity index is 2.87. The minimum atomic E-state index is 0.131. The summed E-state index contributed by atoms with van der Waals surface area (Å²) in [5.41, 5.74) is 4.63. The summed E-state index contributed by atoms with van der Waals surface area (Å²) >= 11 is 0. The van der Waals surface area contributed by atoms with Gasteiger partial charge in [-0.05, 0) is 57.4 Å². The van der Waals surface area contributed by atoms with Gasteiger partial charge in [0.15, 0.2) is 0 Å². The Bertz CT molecular complexity index is 367. The van der Waals surface area contributed by atoms with Crippen molar-refractivity contribution in [1.29, 1.82) is 0 Å². The van der Waals surface area contributed by atoms with Gasteiger partial charge in [0, 0.05) is 0 Å². The highest BCUT2D eigenvalue weighted by Crippen LogP contribution is 2.11. The van der Waals surface area contributed by atoms with Gasteiger partial charge in [0.05, 0.1) is 5.71 Å². The van der Waals surface area contributed by atoms with E-state index in [9.17, 15) is 0 Å². The Morgan fingerprint density at radius 2 is 1.87 bits per heavy atom. The molecule has 0 N–H and O–H groups in total. The second kappa shape index (κ2) is 4.96. The van der Waals surface area contributed by atoms with Crippen LogP contribution in [-0.4, -0.2) is 11.8 Å². The van der Waals surface area contributed by atoms with Gasteiger partial charge in [-0.15, -0.1) is 0 Å². The van der Waals surface area contributed by atoms with E-state index in [0.717, 1.165) is 11.3 Å². The molecule has 1 rings (SSSR count). The predicted octanol–water partition coefficient (Wildman–Crippen LogP) is 3.45. The average Bonchev–Trinajstić information content (AvgIpc) is 2.18. The first kappa shape index (κ1) is 11.8. The molecule has 0 amide bonds. The van der Waals surface area contributed by atoms with Crippen molar-refractivity contribution in [2.24, 2.45) is 5.16 Å². The second-order valence-corrected chi connectivity index (χ2v) is 4.13. The molecule has 0 unspecified atom stereocenters. The summed E-state index contributed by atoms with van der Waals surface area (Å²) < 4.78 is 0. The Kier molecular flexibility index (Phi) is 3.89. The summed E-state index contributed by atoms with van der Waals surface area (Å²) in [5, 5.41) is 4.08. The molecule has 0 spiro atoms. The van der Waals surface area contributed by atoms with Crippen molar-refractivity contribution in [2.45, 2.75) is 40.7 Å². The van der Waals surface area contributed by atoms with E-state index in [4.69, 9.17) is 4.84 Å². The molecule has 15 heavy (non-hydrogen) atoms. The minimum absolute atomic E-state index is 0.131. The Morgan fingerprint density at radius 3 is 2.40 bits per heavy atom. The SMILES string of the molecule is CC(=NOC(C)C)c1ccc(C)c(C)c1. The number of hydrogen-bond donors (Lipinski definition) is 0. The van der Waals surface area contributed by atoms with Gasteiger partial charge in [0.2, 0.25) is 0 Å². The number of hydrogen-bond acceptors (Lipinski definition) is 2. The number of oxime groups is 1. The molecular formula is C13H19NO. The van der Waals surface area contributed by atoms with Gasteiger partial charge in [0.1, 0.15) is 6.10 Å². The lowest BCUT2D eigenvalue weighted by Crippen LogP contribution is -2.02. The van der Waals surface area contributed by atoms with Crippen LogP contribution >= 0.6 is 0 Å². The molecule has 0 atom stereocenters. The molecule has 1 aromatic carbocycles. The topological polar surface area (TPSA) is 21.6 Å². The highest BCUT2D eigenvalue weighted by atomic mass is 16.6. The van der Waals surface area contributed by atoms with Crippen molar-refractivity contribution in [3.05, 3.63) is 34.9 Å². The second-order valence-electron chi connectivity index (χ2n) is 4.13. The highest BCUT2D eigenvalue weighted by molar-refractivity contribution is 5.98. The van der Waals surface area contributed by atoms with E-state index < -0.39 is 0 Å². The van der Waals surface area contributed by atoms with Gasteiger partial charge in [-0.3, -0.25) is 0 Å².